The molecule has 0 bridgehead atoms. The normalized spacial score (nSPS) is 59.1. The van der Waals surface area contributed by atoms with Gasteiger partial charge in [-0.05, 0) is 91.8 Å². The Morgan fingerprint density at radius 1 is 0.966 bits per heavy atom. The van der Waals surface area contributed by atoms with Crippen molar-refractivity contribution in [2.45, 2.75) is 96.9 Å². The molecule has 0 aromatic heterocycles. The van der Waals surface area contributed by atoms with Crippen molar-refractivity contribution >= 4 is 5.78 Å². The first-order chi connectivity index (χ1) is 13.9. The zero-order valence-corrected chi connectivity index (χ0v) is 18.7. The molecule has 6 aliphatic rings. The highest BCUT2D eigenvalue weighted by Gasteiger charge is 2.65. The van der Waals surface area contributed by atoms with Crippen LogP contribution in [0.2, 0.25) is 0 Å². The smallest absolute Gasteiger partial charge is 0.171 e. The molecule has 0 aromatic carbocycles. The first kappa shape index (κ1) is 19.3. The maximum Gasteiger partial charge on any atom is 0.171 e. The second-order valence-corrected chi connectivity index (χ2v) is 12.2. The van der Waals surface area contributed by atoms with Gasteiger partial charge in [0.05, 0.1) is 12.7 Å². The lowest BCUT2D eigenvalue weighted by molar-refractivity contribution is -0.272. The minimum Gasteiger partial charge on any atom is -0.349 e. The van der Waals surface area contributed by atoms with Crippen LogP contribution < -0.4 is 0 Å². The van der Waals surface area contributed by atoms with Crippen molar-refractivity contribution in [3.63, 3.8) is 0 Å². The highest BCUT2D eigenvalue weighted by Crippen LogP contribution is 2.67. The van der Waals surface area contributed by atoms with Gasteiger partial charge in [0, 0.05) is 25.2 Å². The lowest BCUT2D eigenvalue weighted by atomic mass is 9.47. The molecule has 4 aliphatic carbocycles. The molecule has 2 heterocycles. The second-order valence-electron chi connectivity index (χ2n) is 12.2. The standard InChI is InChI=1S/C26H40O3/c1-15-8-11-26(28-14-15)16(2)24-20-6-7-22-19(21(20)13-23(24)29-26)5-4-17-12-18(27)9-10-25(17,22)3/h15-17,19-24H,4-14H2,1-3H3. The van der Waals surface area contributed by atoms with Gasteiger partial charge in [0.15, 0.2) is 5.79 Å². The lowest BCUT2D eigenvalue weighted by Gasteiger charge is -2.58. The molecule has 2 aliphatic heterocycles. The Hall–Kier alpha value is -0.410. The molecular weight excluding hydrogens is 360 g/mol. The van der Waals surface area contributed by atoms with Crippen LogP contribution in [0.25, 0.3) is 0 Å². The second kappa shape index (κ2) is 6.55. The molecule has 0 amide bonds. The van der Waals surface area contributed by atoms with Crippen LogP contribution in [0.15, 0.2) is 0 Å². The number of hydrogen-bond donors (Lipinski definition) is 0. The maximum atomic E-state index is 12.1. The van der Waals surface area contributed by atoms with Crippen molar-refractivity contribution in [3.05, 3.63) is 0 Å². The van der Waals surface area contributed by atoms with E-state index in [1.807, 2.05) is 0 Å². The zero-order chi connectivity index (χ0) is 20.0. The highest BCUT2D eigenvalue weighted by molar-refractivity contribution is 5.79. The van der Waals surface area contributed by atoms with Gasteiger partial charge in [-0.25, -0.2) is 0 Å². The quantitative estimate of drug-likeness (QED) is 0.530. The Balaban J connectivity index is 1.22. The fraction of sp³-hybridized carbons (Fsp3) is 0.962. The Morgan fingerprint density at radius 2 is 1.79 bits per heavy atom. The minimum absolute atomic E-state index is 0.267. The van der Waals surface area contributed by atoms with Crippen molar-refractivity contribution in [3.8, 4) is 0 Å². The van der Waals surface area contributed by atoms with Crippen LogP contribution >= 0.6 is 0 Å². The molecule has 6 fully saturated rings. The Bertz CT molecular complexity index is 679. The molecule has 11 unspecified atom stereocenters. The van der Waals surface area contributed by atoms with Crippen LogP contribution in [0.1, 0.15) is 85.0 Å². The van der Waals surface area contributed by atoms with Gasteiger partial charge in [0.25, 0.3) is 0 Å². The molecule has 29 heavy (non-hydrogen) atoms. The summed E-state index contributed by atoms with van der Waals surface area (Å²) in [6.07, 6.45) is 12.4. The summed E-state index contributed by atoms with van der Waals surface area (Å²) in [6, 6.07) is 0. The van der Waals surface area contributed by atoms with E-state index in [1.165, 1.54) is 38.5 Å². The van der Waals surface area contributed by atoms with E-state index in [9.17, 15) is 4.79 Å². The molecule has 2 saturated heterocycles. The highest BCUT2D eigenvalue weighted by atomic mass is 16.7. The van der Waals surface area contributed by atoms with Crippen LogP contribution in [0.5, 0.6) is 0 Å². The van der Waals surface area contributed by atoms with E-state index in [0.29, 0.717) is 41.0 Å². The van der Waals surface area contributed by atoms with Gasteiger partial charge in [-0.3, -0.25) is 4.79 Å². The third-order valence-corrected chi connectivity index (χ3v) is 11.1. The van der Waals surface area contributed by atoms with Crippen molar-refractivity contribution in [1.82, 2.24) is 0 Å². The third-order valence-electron chi connectivity index (χ3n) is 11.1. The molecule has 0 N–H and O–H groups in total. The minimum atomic E-state index is -0.267. The average Bonchev–Trinajstić information content (AvgIpc) is 3.19. The van der Waals surface area contributed by atoms with Crippen molar-refractivity contribution in [2.75, 3.05) is 6.61 Å². The van der Waals surface area contributed by atoms with Crippen molar-refractivity contribution in [2.24, 2.45) is 52.8 Å². The predicted octanol–water partition coefficient (Wildman–Crippen LogP) is 5.61. The fourth-order valence-corrected chi connectivity index (χ4v) is 9.53. The summed E-state index contributed by atoms with van der Waals surface area (Å²) in [5.74, 6) is 6.32. The molecule has 1 spiro atoms. The number of carbonyl (C=O) groups excluding carboxylic acids is 1. The molecule has 0 aromatic rings. The van der Waals surface area contributed by atoms with Gasteiger partial charge in [0.2, 0.25) is 0 Å². The third kappa shape index (κ3) is 2.65. The summed E-state index contributed by atoms with van der Waals surface area (Å²) in [5.41, 5.74) is 0.426. The van der Waals surface area contributed by atoms with Crippen LogP contribution in [-0.4, -0.2) is 24.3 Å². The number of hydrogen-bond acceptors (Lipinski definition) is 3. The Morgan fingerprint density at radius 3 is 2.59 bits per heavy atom. The number of rotatable bonds is 0. The monoisotopic (exact) mass is 400 g/mol. The van der Waals surface area contributed by atoms with Gasteiger partial charge in [-0.2, -0.15) is 0 Å². The molecule has 162 valence electrons. The number of ketones is 1. The van der Waals surface area contributed by atoms with E-state index in [-0.39, 0.29) is 5.79 Å². The van der Waals surface area contributed by atoms with Crippen LogP contribution in [-0.2, 0) is 14.3 Å². The summed E-state index contributed by atoms with van der Waals surface area (Å²) in [6.45, 7) is 8.18. The van der Waals surface area contributed by atoms with Gasteiger partial charge in [-0.1, -0.05) is 20.8 Å². The van der Waals surface area contributed by atoms with Crippen LogP contribution in [0.3, 0.4) is 0 Å². The fourth-order valence-electron chi connectivity index (χ4n) is 9.53. The van der Waals surface area contributed by atoms with Crippen LogP contribution in [0.4, 0.5) is 0 Å². The Labute approximate surface area is 176 Å². The van der Waals surface area contributed by atoms with E-state index in [4.69, 9.17) is 9.47 Å². The average molecular weight is 401 g/mol. The molecule has 0 radical (unpaired) electrons. The van der Waals surface area contributed by atoms with E-state index >= 15 is 0 Å². The topological polar surface area (TPSA) is 35.5 Å². The summed E-state index contributed by atoms with van der Waals surface area (Å²) < 4.78 is 13.2. The van der Waals surface area contributed by atoms with E-state index in [1.54, 1.807) is 0 Å². The van der Waals surface area contributed by atoms with E-state index in [0.717, 1.165) is 56.0 Å². The van der Waals surface area contributed by atoms with Crippen LogP contribution in [0, 0.1) is 52.8 Å². The SMILES string of the molecule is CC1CCC2(OC1)OC1CC3C(CCC4C3CCC3CC(=O)CCC34C)C1C2C. The summed E-state index contributed by atoms with van der Waals surface area (Å²) in [7, 11) is 0. The predicted molar refractivity (Wildman–Crippen MR) is 112 cm³/mol. The summed E-state index contributed by atoms with van der Waals surface area (Å²) in [4.78, 5) is 12.1. The number of ether oxygens (including phenoxy) is 2. The zero-order valence-electron chi connectivity index (χ0n) is 18.7. The summed E-state index contributed by atoms with van der Waals surface area (Å²) >= 11 is 0. The number of Topliss-reactive ketones (excluding diaryl/α,β-unsaturated/α-hetero) is 1. The van der Waals surface area contributed by atoms with Gasteiger partial charge < -0.3 is 9.47 Å². The first-order valence-corrected chi connectivity index (χ1v) is 12.7. The van der Waals surface area contributed by atoms with Gasteiger partial charge >= 0.3 is 0 Å². The largest absolute Gasteiger partial charge is 0.349 e. The molecule has 3 heteroatoms. The molecule has 11 atom stereocenters. The number of carbonyl (C=O) groups is 1. The first-order valence-electron chi connectivity index (χ1n) is 12.7. The van der Waals surface area contributed by atoms with Crippen molar-refractivity contribution in [1.29, 1.82) is 0 Å². The van der Waals surface area contributed by atoms with E-state index < -0.39 is 0 Å². The van der Waals surface area contributed by atoms with Gasteiger partial charge in [-0.15, -0.1) is 0 Å². The summed E-state index contributed by atoms with van der Waals surface area (Å²) in [5, 5.41) is 0. The van der Waals surface area contributed by atoms with E-state index in [2.05, 4.69) is 20.8 Å². The lowest BCUT2D eigenvalue weighted by Crippen LogP contribution is -2.52. The number of fused-ring (bicyclic) bond motifs is 7. The molecule has 6 rings (SSSR count). The van der Waals surface area contributed by atoms with Gasteiger partial charge in [0.1, 0.15) is 5.78 Å². The maximum absolute atomic E-state index is 12.1. The molecule has 4 saturated carbocycles. The van der Waals surface area contributed by atoms with Crippen molar-refractivity contribution < 1.29 is 14.3 Å². The molecule has 3 nitrogen and oxygen atoms in total. The molecular formula is C26H40O3. The Kier molecular flexibility index (Phi) is 4.35.